The maximum Gasteiger partial charge on any atom is 0.0221 e. The molecule has 1 aliphatic heterocycles. The number of rotatable bonds is 6. The highest BCUT2D eigenvalue weighted by molar-refractivity contribution is 7.98. The van der Waals surface area contributed by atoms with Crippen molar-refractivity contribution >= 4 is 11.8 Å². The zero-order valence-corrected chi connectivity index (χ0v) is 11.4. The van der Waals surface area contributed by atoms with Crippen LogP contribution in [0.15, 0.2) is 0 Å². The predicted octanol–water partition coefficient (Wildman–Crippen LogP) is 2.06. The van der Waals surface area contributed by atoms with Crippen LogP contribution < -0.4 is 5.32 Å². The largest absolute Gasteiger partial charge is 0.312 e. The Balaban J connectivity index is 2.24. The second kappa shape index (κ2) is 6.77. The Kier molecular flexibility index (Phi) is 6.02. The summed E-state index contributed by atoms with van der Waals surface area (Å²) in [6, 6.07) is 1.43. The molecule has 3 heteroatoms. The molecule has 3 unspecified atom stereocenters. The highest BCUT2D eigenvalue weighted by Gasteiger charge is 2.24. The first-order valence-electron chi connectivity index (χ1n) is 6.07. The number of likely N-dealkylation sites (N-methyl/N-ethyl adjacent to an activating group) is 1. The van der Waals surface area contributed by atoms with E-state index in [0.717, 1.165) is 5.92 Å². The lowest BCUT2D eigenvalue weighted by molar-refractivity contribution is 0.218. The van der Waals surface area contributed by atoms with E-state index >= 15 is 0 Å². The van der Waals surface area contributed by atoms with Crippen LogP contribution in [0.3, 0.4) is 0 Å². The van der Waals surface area contributed by atoms with E-state index in [-0.39, 0.29) is 0 Å². The zero-order valence-electron chi connectivity index (χ0n) is 10.6. The summed E-state index contributed by atoms with van der Waals surface area (Å²) in [5, 5.41) is 3.60. The van der Waals surface area contributed by atoms with Crippen molar-refractivity contribution < 1.29 is 0 Å². The van der Waals surface area contributed by atoms with Gasteiger partial charge in [-0.05, 0) is 51.3 Å². The predicted molar refractivity (Wildman–Crippen MR) is 70.7 cm³/mol. The molecule has 1 aliphatic rings. The van der Waals surface area contributed by atoms with Crippen molar-refractivity contribution in [1.29, 1.82) is 0 Å². The van der Waals surface area contributed by atoms with E-state index in [4.69, 9.17) is 0 Å². The van der Waals surface area contributed by atoms with Crippen LogP contribution >= 0.6 is 11.8 Å². The quantitative estimate of drug-likeness (QED) is 0.752. The van der Waals surface area contributed by atoms with E-state index in [1.807, 2.05) is 11.8 Å². The molecule has 1 heterocycles. The molecule has 0 aliphatic carbocycles. The van der Waals surface area contributed by atoms with Gasteiger partial charge in [0.05, 0.1) is 0 Å². The van der Waals surface area contributed by atoms with Crippen molar-refractivity contribution in [3.05, 3.63) is 0 Å². The van der Waals surface area contributed by atoms with Crippen molar-refractivity contribution in [2.45, 2.75) is 38.8 Å². The summed E-state index contributed by atoms with van der Waals surface area (Å²) >= 11 is 1.95. The van der Waals surface area contributed by atoms with Gasteiger partial charge in [-0.25, -0.2) is 0 Å². The van der Waals surface area contributed by atoms with Gasteiger partial charge in [0.25, 0.3) is 0 Å². The average molecular weight is 230 g/mol. The van der Waals surface area contributed by atoms with Gasteiger partial charge < -0.3 is 10.2 Å². The molecular formula is C12H26N2S. The first-order valence-corrected chi connectivity index (χ1v) is 7.47. The van der Waals surface area contributed by atoms with Gasteiger partial charge in [-0.2, -0.15) is 11.8 Å². The third-order valence-corrected chi connectivity index (χ3v) is 4.31. The SMILES string of the molecule is CSCCC(C)N(C)CC1NCCC1C. The average Bonchev–Trinajstić information content (AvgIpc) is 2.61. The lowest BCUT2D eigenvalue weighted by Crippen LogP contribution is -2.42. The molecule has 90 valence electrons. The van der Waals surface area contributed by atoms with Crippen molar-refractivity contribution in [2.24, 2.45) is 5.92 Å². The molecule has 0 aromatic carbocycles. The summed E-state index contributed by atoms with van der Waals surface area (Å²) in [6.07, 6.45) is 4.84. The van der Waals surface area contributed by atoms with Crippen LogP contribution in [-0.4, -0.2) is 49.1 Å². The first kappa shape index (κ1) is 13.3. The third-order valence-electron chi connectivity index (χ3n) is 3.67. The summed E-state index contributed by atoms with van der Waals surface area (Å²) < 4.78 is 0. The molecule has 0 spiro atoms. The topological polar surface area (TPSA) is 15.3 Å². The minimum Gasteiger partial charge on any atom is -0.312 e. The molecule has 0 amide bonds. The minimum absolute atomic E-state index is 0.715. The van der Waals surface area contributed by atoms with Gasteiger partial charge in [-0.1, -0.05) is 6.92 Å². The fraction of sp³-hybridized carbons (Fsp3) is 1.00. The van der Waals surface area contributed by atoms with Crippen LogP contribution in [0.25, 0.3) is 0 Å². The van der Waals surface area contributed by atoms with Gasteiger partial charge in [0, 0.05) is 18.6 Å². The van der Waals surface area contributed by atoms with E-state index in [9.17, 15) is 0 Å². The molecule has 3 atom stereocenters. The molecule has 1 rings (SSSR count). The molecule has 0 aromatic heterocycles. The number of hydrogen-bond donors (Lipinski definition) is 1. The standard InChI is InChI=1S/C12H26N2S/c1-10-5-7-13-12(10)9-14(3)11(2)6-8-15-4/h10-13H,5-9H2,1-4H3. The fourth-order valence-electron chi connectivity index (χ4n) is 2.14. The Morgan fingerprint density at radius 3 is 2.80 bits per heavy atom. The zero-order chi connectivity index (χ0) is 11.3. The Hall–Kier alpha value is 0.270. The Labute approximate surface area is 99.2 Å². The second-order valence-electron chi connectivity index (χ2n) is 4.90. The molecule has 0 saturated carbocycles. The van der Waals surface area contributed by atoms with Gasteiger partial charge in [0.15, 0.2) is 0 Å². The van der Waals surface area contributed by atoms with Gasteiger partial charge >= 0.3 is 0 Å². The van der Waals surface area contributed by atoms with Crippen molar-refractivity contribution in [2.75, 3.05) is 32.1 Å². The maximum absolute atomic E-state index is 3.60. The fourth-order valence-corrected chi connectivity index (χ4v) is 2.72. The summed E-state index contributed by atoms with van der Waals surface area (Å²) in [5.41, 5.74) is 0. The molecule has 1 fully saturated rings. The number of nitrogens with zero attached hydrogens (tertiary/aromatic N) is 1. The molecule has 1 saturated heterocycles. The van der Waals surface area contributed by atoms with E-state index in [1.54, 1.807) is 0 Å². The highest BCUT2D eigenvalue weighted by Crippen LogP contribution is 2.16. The number of nitrogens with one attached hydrogen (secondary N) is 1. The van der Waals surface area contributed by atoms with Crippen LogP contribution in [0.4, 0.5) is 0 Å². The maximum atomic E-state index is 3.60. The monoisotopic (exact) mass is 230 g/mol. The van der Waals surface area contributed by atoms with Gasteiger partial charge in [0.1, 0.15) is 0 Å². The number of thioether (sulfide) groups is 1. The van der Waals surface area contributed by atoms with E-state index in [0.29, 0.717) is 12.1 Å². The molecular weight excluding hydrogens is 204 g/mol. The van der Waals surface area contributed by atoms with Gasteiger partial charge in [-0.3, -0.25) is 0 Å². The number of hydrogen-bond acceptors (Lipinski definition) is 3. The van der Waals surface area contributed by atoms with Crippen LogP contribution in [0.2, 0.25) is 0 Å². The van der Waals surface area contributed by atoms with Crippen LogP contribution in [0.1, 0.15) is 26.7 Å². The highest BCUT2D eigenvalue weighted by atomic mass is 32.2. The Morgan fingerprint density at radius 1 is 1.53 bits per heavy atom. The van der Waals surface area contributed by atoms with Crippen molar-refractivity contribution in [3.8, 4) is 0 Å². The molecule has 0 bridgehead atoms. The third kappa shape index (κ3) is 4.33. The molecule has 15 heavy (non-hydrogen) atoms. The first-order chi connectivity index (χ1) is 7.15. The lowest BCUT2D eigenvalue weighted by Gasteiger charge is -2.29. The lowest BCUT2D eigenvalue weighted by atomic mass is 10.0. The van der Waals surface area contributed by atoms with Crippen LogP contribution in [-0.2, 0) is 0 Å². The Bertz CT molecular complexity index is 175. The molecule has 0 radical (unpaired) electrons. The van der Waals surface area contributed by atoms with Crippen LogP contribution in [0.5, 0.6) is 0 Å². The van der Waals surface area contributed by atoms with Crippen molar-refractivity contribution in [1.82, 2.24) is 10.2 Å². The summed E-state index contributed by atoms with van der Waals surface area (Å²) in [5.74, 6) is 2.12. The van der Waals surface area contributed by atoms with Gasteiger partial charge in [0.2, 0.25) is 0 Å². The van der Waals surface area contributed by atoms with E-state index < -0.39 is 0 Å². The Morgan fingerprint density at radius 2 is 2.27 bits per heavy atom. The normalized spacial score (nSPS) is 28.6. The summed E-state index contributed by atoms with van der Waals surface area (Å²) in [6.45, 7) is 7.12. The van der Waals surface area contributed by atoms with Crippen LogP contribution in [0, 0.1) is 5.92 Å². The summed E-state index contributed by atoms with van der Waals surface area (Å²) in [4.78, 5) is 2.51. The van der Waals surface area contributed by atoms with Gasteiger partial charge in [-0.15, -0.1) is 0 Å². The smallest absolute Gasteiger partial charge is 0.0221 e. The van der Waals surface area contributed by atoms with E-state index in [2.05, 4.69) is 37.4 Å². The van der Waals surface area contributed by atoms with E-state index in [1.165, 1.54) is 31.7 Å². The molecule has 1 N–H and O–H groups in total. The van der Waals surface area contributed by atoms with Crippen molar-refractivity contribution in [3.63, 3.8) is 0 Å². The molecule has 2 nitrogen and oxygen atoms in total. The minimum atomic E-state index is 0.715. The molecule has 0 aromatic rings. The second-order valence-corrected chi connectivity index (χ2v) is 5.88. The summed E-state index contributed by atoms with van der Waals surface area (Å²) in [7, 11) is 2.26.